The fraction of sp³-hybridized carbons (Fsp3) is 0.462. The zero-order valence-corrected chi connectivity index (χ0v) is 11.1. The zero-order valence-electron chi connectivity index (χ0n) is 10.3. The topological polar surface area (TPSA) is 60.8 Å². The predicted molar refractivity (Wildman–Crippen MR) is 72.5 cm³/mol. The highest BCUT2D eigenvalue weighted by atomic mass is 32.2. The molecule has 1 heterocycles. The first-order chi connectivity index (χ1) is 8.58. The van der Waals surface area contributed by atoms with E-state index in [1.165, 1.54) is 18.2 Å². The van der Waals surface area contributed by atoms with Gasteiger partial charge in [-0.2, -0.15) is 11.8 Å². The Morgan fingerprint density at radius 1 is 1.50 bits per heavy atom. The summed E-state index contributed by atoms with van der Waals surface area (Å²) < 4.78 is 0. The van der Waals surface area contributed by atoms with Crippen LogP contribution in [0.15, 0.2) is 18.2 Å². The molecule has 0 aromatic heterocycles. The molecule has 1 fully saturated rings. The summed E-state index contributed by atoms with van der Waals surface area (Å²) in [5.74, 6) is 1.78. The Hall–Kier alpha value is -1.20. The molecule has 98 valence electrons. The van der Waals surface area contributed by atoms with E-state index in [0.29, 0.717) is 12.6 Å². The van der Waals surface area contributed by atoms with Crippen LogP contribution in [0.4, 0.5) is 0 Å². The van der Waals surface area contributed by atoms with Gasteiger partial charge in [0, 0.05) is 30.2 Å². The van der Waals surface area contributed by atoms with E-state index in [2.05, 4.69) is 11.8 Å². The highest BCUT2D eigenvalue weighted by Gasteiger charge is 2.22. The third-order valence-electron chi connectivity index (χ3n) is 3.13. The molecule has 4 nitrogen and oxygen atoms in total. The fourth-order valence-electron chi connectivity index (χ4n) is 2.02. The van der Waals surface area contributed by atoms with Crippen molar-refractivity contribution in [1.29, 1.82) is 0 Å². The van der Waals surface area contributed by atoms with Gasteiger partial charge in [0.25, 0.3) is 0 Å². The van der Waals surface area contributed by atoms with Crippen molar-refractivity contribution in [2.75, 3.05) is 24.6 Å². The first-order valence-electron chi connectivity index (χ1n) is 5.95. The van der Waals surface area contributed by atoms with Gasteiger partial charge < -0.3 is 10.2 Å². The summed E-state index contributed by atoms with van der Waals surface area (Å²) in [5, 5.41) is 18.9. The van der Waals surface area contributed by atoms with Gasteiger partial charge in [-0.15, -0.1) is 0 Å². The minimum Gasteiger partial charge on any atom is -0.508 e. The van der Waals surface area contributed by atoms with Crippen molar-refractivity contribution in [3.8, 4) is 11.5 Å². The smallest absolute Gasteiger partial charge is 0.180 e. The number of nitrogens with zero attached hydrogens (tertiary/aromatic N) is 1. The molecule has 1 saturated heterocycles. The molecule has 1 aromatic carbocycles. The van der Waals surface area contributed by atoms with Crippen LogP contribution in [0.3, 0.4) is 0 Å². The molecule has 2 N–H and O–H groups in total. The highest BCUT2D eigenvalue weighted by molar-refractivity contribution is 7.99. The molecule has 0 spiro atoms. The van der Waals surface area contributed by atoms with Crippen molar-refractivity contribution in [3.63, 3.8) is 0 Å². The monoisotopic (exact) mass is 267 g/mol. The first kappa shape index (κ1) is 13.2. The molecule has 1 unspecified atom stereocenters. The summed E-state index contributed by atoms with van der Waals surface area (Å²) in [6.07, 6.45) is 0. The van der Waals surface area contributed by atoms with E-state index >= 15 is 0 Å². The number of thioether (sulfide) groups is 1. The van der Waals surface area contributed by atoms with Crippen LogP contribution in [0.1, 0.15) is 17.3 Å². The van der Waals surface area contributed by atoms with Gasteiger partial charge in [0.2, 0.25) is 0 Å². The summed E-state index contributed by atoms with van der Waals surface area (Å²) in [7, 11) is 0. The molecule has 1 aliphatic heterocycles. The average Bonchev–Trinajstić information content (AvgIpc) is 2.32. The van der Waals surface area contributed by atoms with E-state index in [-0.39, 0.29) is 22.8 Å². The van der Waals surface area contributed by atoms with Crippen molar-refractivity contribution in [2.45, 2.75) is 13.0 Å². The van der Waals surface area contributed by atoms with Crippen molar-refractivity contribution < 1.29 is 15.0 Å². The van der Waals surface area contributed by atoms with Crippen LogP contribution in [-0.2, 0) is 0 Å². The number of phenolic OH excluding ortho intramolecular Hbond substituents is 2. The molecule has 18 heavy (non-hydrogen) atoms. The Morgan fingerprint density at radius 2 is 2.28 bits per heavy atom. The second kappa shape index (κ2) is 5.63. The first-order valence-corrected chi connectivity index (χ1v) is 7.10. The average molecular weight is 267 g/mol. The Labute approximate surface area is 111 Å². The van der Waals surface area contributed by atoms with Crippen molar-refractivity contribution in [1.82, 2.24) is 4.90 Å². The Balaban J connectivity index is 2.07. The zero-order chi connectivity index (χ0) is 13.1. The van der Waals surface area contributed by atoms with Gasteiger partial charge in [0.15, 0.2) is 5.78 Å². The summed E-state index contributed by atoms with van der Waals surface area (Å²) in [6.45, 7) is 3.33. The summed E-state index contributed by atoms with van der Waals surface area (Å²) >= 11 is 1.90. The van der Waals surface area contributed by atoms with Crippen molar-refractivity contribution in [2.24, 2.45) is 0 Å². The minimum atomic E-state index is -0.154. The maximum atomic E-state index is 12.1. The number of hydrogen-bond acceptors (Lipinski definition) is 5. The van der Waals surface area contributed by atoms with E-state index < -0.39 is 0 Å². The number of carbonyl (C=O) groups is 1. The number of phenols is 2. The van der Waals surface area contributed by atoms with Gasteiger partial charge in [-0.05, 0) is 19.1 Å². The van der Waals surface area contributed by atoms with E-state index in [4.69, 9.17) is 0 Å². The van der Waals surface area contributed by atoms with Crippen LogP contribution in [-0.4, -0.2) is 51.5 Å². The number of hydrogen-bond donors (Lipinski definition) is 2. The van der Waals surface area contributed by atoms with E-state index in [1.54, 1.807) is 0 Å². The molecular weight excluding hydrogens is 250 g/mol. The van der Waals surface area contributed by atoms with Crippen molar-refractivity contribution >= 4 is 17.5 Å². The Kier molecular flexibility index (Phi) is 4.14. The number of Topliss-reactive ketones (excluding diaryl/α,β-unsaturated/α-hetero) is 1. The minimum absolute atomic E-state index is 0.0354. The van der Waals surface area contributed by atoms with Gasteiger partial charge in [-0.25, -0.2) is 0 Å². The quantitative estimate of drug-likeness (QED) is 0.817. The number of carbonyl (C=O) groups excluding carboxylic acids is 1. The molecule has 0 bridgehead atoms. The lowest BCUT2D eigenvalue weighted by molar-refractivity contribution is 0.0908. The van der Waals surface area contributed by atoms with E-state index in [1.807, 2.05) is 11.8 Å². The highest BCUT2D eigenvalue weighted by Crippen LogP contribution is 2.24. The van der Waals surface area contributed by atoms with Crippen LogP contribution in [0.5, 0.6) is 11.5 Å². The van der Waals surface area contributed by atoms with E-state index in [0.717, 1.165) is 18.1 Å². The molecule has 1 atom stereocenters. The van der Waals surface area contributed by atoms with Gasteiger partial charge in [-0.1, -0.05) is 0 Å². The summed E-state index contributed by atoms with van der Waals surface area (Å²) in [4.78, 5) is 14.2. The molecule has 5 heteroatoms. The summed E-state index contributed by atoms with van der Waals surface area (Å²) in [6, 6.07) is 4.47. The third-order valence-corrected chi connectivity index (χ3v) is 4.32. The molecular formula is C13H17NO3S. The lowest BCUT2D eigenvalue weighted by atomic mass is 10.1. The van der Waals surface area contributed by atoms with E-state index in [9.17, 15) is 15.0 Å². The molecule has 1 aliphatic rings. The second-order valence-electron chi connectivity index (χ2n) is 4.52. The Morgan fingerprint density at radius 3 is 2.94 bits per heavy atom. The lowest BCUT2D eigenvalue weighted by Crippen LogP contribution is -2.43. The maximum absolute atomic E-state index is 12.1. The molecule has 1 aromatic rings. The maximum Gasteiger partial charge on any atom is 0.180 e. The number of rotatable bonds is 3. The van der Waals surface area contributed by atoms with Crippen LogP contribution < -0.4 is 0 Å². The van der Waals surface area contributed by atoms with Crippen LogP contribution >= 0.6 is 11.8 Å². The fourth-order valence-corrected chi connectivity index (χ4v) is 3.10. The SMILES string of the molecule is CC1CSCCN1CC(=O)c1ccc(O)cc1O. The van der Waals surface area contributed by atoms with Gasteiger partial charge in [-0.3, -0.25) is 9.69 Å². The normalized spacial score (nSPS) is 20.8. The van der Waals surface area contributed by atoms with Gasteiger partial charge >= 0.3 is 0 Å². The second-order valence-corrected chi connectivity index (χ2v) is 5.67. The standard InChI is InChI=1S/C13H17NO3S/c1-9-8-18-5-4-14(9)7-13(17)11-3-2-10(15)6-12(11)16/h2-3,6,9,15-16H,4-5,7-8H2,1H3. The largest absolute Gasteiger partial charge is 0.508 e. The number of aromatic hydroxyl groups is 2. The molecule has 2 rings (SSSR count). The summed E-state index contributed by atoms with van der Waals surface area (Å²) in [5.41, 5.74) is 0.276. The Bertz CT molecular complexity index is 450. The van der Waals surface area contributed by atoms with Gasteiger partial charge in [0.05, 0.1) is 12.1 Å². The van der Waals surface area contributed by atoms with Crippen LogP contribution in [0.2, 0.25) is 0 Å². The molecule has 0 saturated carbocycles. The van der Waals surface area contributed by atoms with Crippen molar-refractivity contribution in [3.05, 3.63) is 23.8 Å². The molecule has 0 radical (unpaired) electrons. The third kappa shape index (κ3) is 2.97. The number of ketones is 1. The predicted octanol–water partition coefficient (Wildman–Crippen LogP) is 1.72. The lowest BCUT2D eigenvalue weighted by Gasteiger charge is -2.32. The molecule has 0 amide bonds. The van der Waals surface area contributed by atoms with Crippen LogP contribution in [0.25, 0.3) is 0 Å². The van der Waals surface area contributed by atoms with Gasteiger partial charge in [0.1, 0.15) is 11.5 Å². The van der Waals surface area contributed by atoms with Crippen LogP contribution in [0, 0.1) is 0 Å². The number of benzene rings is 1. The molecule has 0 aliphatic carbocycles.